The minimum absolute atomic E-state index is 0.146. The molecule has 0 bridgehead atoms. The molecule has 1 amide bonds. The van der Waals surface area contributed by atoms with Crippen molar-refractivity contribution < 1.29 is 27.8 Å². The number of carbonyl (C=O) groups excluding carboxylic acids is 1. The minimum atomic E-state index is -4.84. The van der Waals surface area contributed by atoms with Gasteiger partial charge in [-0.15, -0.1) is 13.2 Å². The zero-order chi connectivity index (χ0) is 15.1. The summed E-state index contributed by atoms with van der Waals surface area (Å²) in [7, 11) is 0. The molecule has 1 fully saturated rings. The molecule has 1 aromatic rings. The molecule has 3 N–H and O–H groups in total. The number of nitrogens with two attached hydrogens (primary N) is 1. The number of nitrogens with zero attached hydrogens (tertiary/aromatic N) is 1. The van der Waals surface area contributed by atoms with Crippen LogP contribution in [0.2, 0.25) is 0 Å². The van der Waals surface area contributed by atoms with E-state index in [1.165, 1.54) is 11.0 Å². The van der Waals surface area contributed by atoms with E-state index in [1.54, 1.807) is 6.92 Å². The maximum atomic E-state index is 12.1. The molecule has 20 heavy (non-hydrogen) atoms. The van der Waals surface area contributed by atoms with E-state index in [9.17, 15) is 23.1 Å². The fourth-order valence-corrected chi connectivity index (χ4v) is 2.00. The van der Waals surface area contributed by atoms with Crippen LogP contribution in [-0.2, 0) is 0 Å². The van der Waals surface area contributed by atoms with E-state index in [2.05, 4.69) is 4.74 Å². The molecule has 110 valence electrons. The van der Waals surface area contributed by atoms with E-state index in [1.807, 2.05) is 0 Å². The van der Waals surface area contributed by atoms with Crippen molar-refractivity contribution in [2.75, 3.05) is 18.8 Å². The number of aliphatic hydroxyl groups is 1. The van der Waals surface area contributed by atoms with Crippen LogP contribution in [0.5, 0.6) is 5.75 Å². The van der Waals surface area contributed by atoms with E-state index in [-0.39, 0.29) is 24.3 Å². The SMILES string of the molecule is CC1(O)CN(C(=O)c2ccc(OC(F)(F)F)c(N)c2)C1. The normalized spacial score (nSPS) is 17.6. The predicted molar refractivity (Wildman–Crippen MR) is 64.1 cm³/mol. The Balaban J connectivity index is 2.11. The number of carbonyl (C=O) groups is 1. The summed E-state index contributed by atoms with van der Waals surface area (Å²) in [6, 6.07) is 3.32. The number of hydrogen-bond acceptors (Lipinski definition) is 4. The molecule has 1 aliphatic heterocycles. The molecule has 0 atom stereocenters. The number of halogens is 3. The van der Waals surface area contributed by atoms with Crippen molar-refractivity contribution in [1.29, 1.82) is 0 Å². The van der Waals surface area contributed by atoms with Crippen LogP contribution in [0.4, 0.5) is 18.9 Å². The molecule has 1 heterocycles. The molecule has 0 unspecified atom stereocenters. The van der Waals surface area contributed by atoms with Gasteiger partial charge in [0.2, 0.25) is 0 Å². The molecule has 0 aromatic heterocycles. The largest absolute Gasteiger partial charge is 0.573 e. The quantitative estimate of drug-likeness (QED) is 0.807. The van der Waals surface area contributed by atoms with E-state index >= 15 is 0 Å². The van der Waals surface area contributed by atoms with Gasteiger partial charge in [0.1, 0.15) is 0 Å². The Bertz CT molecular complexity index is 535. The van der Waals surface area contributed by atoms with E-state index in [0.717, 1.165) is 12.1 Å². The van der Waals surface area contributed by atoms with Gasteiger partial charge in [-0.05, 0) is 25.1 Å². The second-order valence-electron chi connectivity index (χ2n) is 4.96. The first-order valence-corrected chi connectivity index (χ1v) is 5.74. The second-order valence-corrected chi connectivity index (χ2v) is 4.96. The summed E-state index contributed by atoms with van der Waals surface area (Å²) in [6.45, 7) is 1.94. The van der Waals surface area contributed by atoms with Gasteiger partial charge in [0, 0.05) is 5.56 Å². The summed E-state index contributed by atoms with van der Waals surface area (Å²) in [5.74, 6) is -0.952. The first-order chi connectivity index (χ1) is 9.07. The molecule has 0 radical (unpaired) electrons. The standard InChI is InChI=1S/C12H13F3N2O3/c1-11(19)5-17(6-11)10(18)7-2-3-9(8(16)4-7)20-12(13,14)15/h2-4,19H,5-6,16H2,1H3. The fourth-order valence-electron chi connectivity index (χ4n) is 2.00. The lowest BCUT2D eigenvalue weighted by Gasteiger charge is -2.44. The highest BCUT2D eigenvalue weighted by atomic mass is 19.4. The summed E-state index contributed by atoms with van der Waals surface area (Å²) in [5.41, 5.74) is 4.39. The summed E-state index contributed by atoms with van der Waals surface area (Å²) < 4.78 is 39.9. The van der Waals surface area contributed by atoms with Crippen molar-refractivity contribution in [2.45, 2.75) is 18.9 Å². The number of rotatable bonds is 2. The average molecular weight is 290 g/mol. The number of benzene rings is 1. The van der Waals surface area contributed by atoms with Crippen molar-refractivity contribution in [2.24, 2.45) is 0 Å². The smallest absolute Gasteiger partial charge is 0.404 e. The Kier molecular flexibility index (Phi) is 3.29. The summed E-state index contributed by atoms with van der Waals surface area (Å²) in [5, 5.41) is 9.54. The maximum absolute atomic E-state index is 12.1. The Morgan fingerprint density at radius 3 is 2.50 bits per heavy atom. The number of hydrogen-bond donors (Lipinski definition) is 2. The van der Waals surface area contributed by atoms with Crippen LogP contribution in [0.15, 0.2) is 18.2 Å². The van der Waals surface area contributed by atoms with Gasteiger partial charge in [0.05, 0.1) is 24.4 Å². The van der Waals surface area contributed by atoms with Gasteiger partial charge >= 0.3 is 6.36 Å². The number of ether oxygens (including phenoxy) is 1. The Morgan fingerprint density at radius 2 is 2.05 bits per heavy atom. The van der Waals surface area contributed by atoms with Gasteiger partial charge in [-0.1, -0.05) is 0 Å². The lowest BCUT2D eigenvalue weighted by molar-refractivity contribution is -0.274. The van der Waals surface area contributed by atoms with E-state index in [4.69, 9.17) is 5.73 Å². The number of alkyl halides is 3. The van der Waals surface area contributed by atoms with Gasteiger partial charge < -0.3 is 20.5 Å². The van der Waals surface area contributed by atoms with Gasteiger partial charge in [-0.3, -0.25) is 4.79 Å². The second kappa shape index (κ2) is 4.55. The Labute approximate surface area is 112 Å². The summed E-state index contributed by atoms with van der Waals surface area (Å²) in [6.07, 6.45) is -4.84. The van der Waals surface area contributed by atoms with Crippen LogP contribution in [0.25, 0.3) is 0 Å². The van der Waals surface area contributed by atoms with Crippen molar-refractivity contribution in [1.82, 2.24) is 4.90 Å². The van der Waals surface area contributed by atoms with Crippen LogP contribution in [0.1, 0.15) is 17.3 Å². The molecular weight excluding hydrogens is 277 g/mol. The zero-order valence-electron chi connectivity index (χ0n) is 10.6. The van der Waals surface area contributed by atoms with Crippen LogP contribution < -0.4 is 10.5 Å². The lowest BCUT2D eigenvalue weighted by atomic mass is 9.96. The van der Waals surface area contributed by atoms with Gasteiger partial charge in [0.25, 0.3) is 5.91 Å². The zero-order valence-corrected chi connectivity index (χ0v) is 10.6. The molecule has 0 spiro atoms. The lowest BCUT2D eigenvalue weighted by Crippen LogP contribution is -2.61. The van der Waals surface area contributed by atoms with Crippen LogP contribution in [0, 0.1) is 0 Å². The number of nitrogen functional groups attached to an aromatic ring is 1. The molecule has 1 aliphatic rings. The van der Waals surface area contributed by atoms with Crippen molar-refractivity contribution in [3.63, 3.8) is 0 Å². The minimum Gasteiger partial charge on any atom is -0.404 e. The Hall–Kier alpha value is -1.96. The number of anilines is 1. The van der Waals surface area contributed by atoms with Gasteiger partial charge in [-0.2, -0.15) is 0 Å². The summed E-state index contributed by atoms with van der Waals surface area (Å²) >= 11 is 0. The molecule has 1 aromatic carbocycles. The van der Waals surface area contributed by atoms with Crippen molar-refractivity contribution in [3.05, 3.63) is 23.8 Å². The van der Waals surface area contributed by atoms with E-state index in [0.29, 0.717) is 0 Å². The first kappa shape index (κ1) is 14.4. The van der Waals surface area contributed by atoms with Crippen LogP contribution in [0.3, 0.4) is 0 Å². The molecule has 1 saturated heterocycles. The number of likely N-dealkylation sites (tertiary alicyclic amines) is 1. The highest BCUT2D eigenvalue weighted by Crippen LogP contribution is 2.30. The van der Waals surface area contributed by atoms with Crippen LogP contribution >= 0.6 is 0 Å². The third-order valence-electron chi connectivity index (χ3n) is 2.83. The fraction of sp³-hybridized carbons (Fsp3) is 0.417. The highest BCUT2D eigenvalue weighted by molar-refractivity contribution is 5.96. The van der Waals surface area contributed by atoms with Gasteiger partial charge in [0.15, 0.2) is 5.75 Å². The average Bonchev–Trinajstić information content (AvgIpc) is 2.26. The maximum Gasteiger partial charge on any atom is 0.573 e. The molecule has 5 nitrogen and oxygen atoms in total. The predicted octanol–water partition coefficient (Wildman–Crippen LogP) is 1.37. The molecule has 2 rings (SSSR count). The monoisotopic (exact) mass is 290 g/mol. The van der Waals surface area contributed by atoms with Crippen molar-refractivity contribution >= 4 is 11.6 Å². The van der Waals surface area contributed by atoms with Crippen LogP contribution in [-0.4, -0.2) is 41.0 Å². The topological polar surface area (TPSA) is 75.8 Å². The Morgan fingerprint density at radius 1 is 1.45 bits per heavy atom. The first-order valence-electron chi connectivity index (χ1n) is 5.74. The molecular formula is C12H13F3N2O3. The highest BCUT2D eigenvalue weighted by Gasteiger charge is 2.39. The third kappa shape index (κ3) is 3.13. The van der Waals surface area contributed by atoms with Crippen molar-refractivity contribution in [3.8, 4) is 5.75 Å². The summed E-state index contributed by atoms with van der Waals surface area (Å²) in [4.78, 5) is 13.3. The molecule has 0 saturated carbocycles. The van der Waals surface area contributed by atoms with E-state index < -0.39 is 23.6 Å². The number of β-amino-alcohol motifs (C(OH)–C–C–N with tert-alkyl or cyclic N) is 1. The van der Waals surface area contributed by atoms with Gasteiger partial charge in [-0.25, -0.2) is 0 Å². The third-order valence-corrected chi connectivity index (χ3v) is 2.83. The molecule has 8 heteroatoms. The molecule has 0 aliphatic carbocycles. The number of amides is 1.